The van der Waals surface area contributed by atoms with Crippen molar-refractivity contribution < 1.29 is 9.53 Å². The molecule has 2 rings (SSSR count). The summed E-state index contributed by atoms with van der Waals surface area (Å²) >= 11 is 0. The number of carbonyl (C=O) groups is 1. The van der Waals surface area contributed by atoms with Gasteiger partial charge in [-0.05, 0) is 32.9 Å². The molecule has 1 aromatic heterocycles. The second-order valence-electron chi connectivity index (χ2n) is 4.61. The fraction of sp³-hybridized carbons (Fsp3) is 0.692. The summed E-state index contributed by atoms with van der Waals surface area (Å²) in [4.78, 5) is 13.9. The van der Waals surface area contributed by atoms with Crippen molar-refractivity contribution in [2.45, 2.75) is 32.7 Å². The first-order valence-corrected chi connectivity index (χ1v) is 6.71. The molecule has 0 aliphatic carbocycles. The number of hydrogen-bond acceptors (Lipinski definition) is 4. The van der Waals surface area contributed by atoms with Gasteiger partial charge in [-0.2, -0.15) is 5.10 Å². The number of aromatic nitrogens is 2. The molecule has 5 heteroatoms. The van der Waals surface area contributed by atoms with Gasteiger partial charge in [0, 0.05) is 12.7 Å². The second-order valence-corrected chi connectivity index (χ2v) is 4.61. The van der Waals surface area contributed by atoms with Gasteiger partial charge >= 0.3 is 5.97 Å². The molecule has 0 aromatic carbocycles. The first-order valence-electron chi connectivity index (χ1n) is 6.71. The Morgan fingerprint density at radius 1 is 1.33 bits per heavy atom. The van der Waals surface area contributed by atoms with Gasteiger partial charge in [0.15, 0.2) is 0 Å². The fourth-order valence-electron chi connectivity index (χ4n) is 2.23. The van der Waals surface area contributed by atoms with Crippen LogP contribution in [0.4, 0.5) is 0 Å². The highest BCUT2D eigenvalue weighted by molar-refractivity contribution is 5.88. The molecule has 0 bridgehead atoms. The number of piperidine rings is 1. The molecular weight excluding hydrogens is 230 g/mol. The zero-order chi connectivity index (χ0) is 12.8. The van der Waals surface area contributed by atoms with E-state index in [1.165, 1.54) is 32.4 Å². The van der Waals surface area contributed by atoms with E-state index >= 15 is 0 Å². The van der Waals surface area contributed by atoms with Gasteiger partial charge in [-0.1, -0.05) is 6.42 Å². The predicted molar refractivity (Wildman–Crippen MR) is 68.5 cm³/mol. The zero-order valence-corrected chi connectivity index (χ0v) is 11.0. The van der Waals surface area contributed by atoms with Crippen LogP contribution in [0.3, 0.4) is 0 Å². The zero-order valence-electron chi connectivity index (χ0n) is 11.0. The summed E-state index contributed by atoms with van der Waals surface area (Å²) in [5.41, 5.74) is 0.537. The first-order chi connectivity index (χ1) is 8.79. The summed E-state index contributed by atoms with van der Waals surface area (Å²) in [7, 11) is 0. The molecule has 1 aliphatic heterocycles. The van der Waals surface area contributed by atoms with E-state index in [2.05, 4.69) is 10.00 Å². The fourth-order valence-corrected chi connectivity index (χ4v) is 2.23. The highest BCUT2D eigenvalue weighted by Crippen LogP contribution is 2.08. The number of esters is 1. The molecule has 0 radical (unpaired) electrons. The summed E-state index contributed by atoms with van der Waals surface area (Å²) in [6.45, 7) is 6.41. The molecule has 0 amide bonds. The lowest BCUT2D eigenvalue weighted by atomic mass is 10.1. The Bertz CT molecular complexity index is 383. The lowest BCUT2D eigenvalue weighted by Gasteiger charge is -2.26. The standard InChI is InChI=1S/C13H21N3O2/c1-2-18-13(17)12-10-14-16(11-12)9-8-15-6-4-3-5-7-15/h10-11H,2-9H2,1H3. The Labute approximate surface area is 108 Å². The molecule has 2 heterocycles. The van der Waals surface area contributed by atoms with Crippen molar-refractivity contribution >= 4 is 5.97 Å². The number of hydrogen-bond donors (Lipinski definition) is 0. The number of likely N-dealkylation sites (tertiary alicyclic amines) is 1. The van der Waals surface area contributed by atoms with Gasteiger partial charge in [0.2, 0.25) is 0 Å². The van der Waals surface area contributed by atoms with Crippen LogP contribution in [-0.4, -0.2) is 46.9 Å². The molecule has 1 saturated heterocycles. The topological polar surface area (TPSA) is 47.4 Å². The van der Waals surface area contributed by atoms with Gasteiger partial charge < -0.3 is 9.64 Å². The average molecular weight is 251 g/mol. The normalized spacial score (nSPS) is 16.7. The quantitative estimate of drug-likeness (QED) is 0.745. The largest absolute Gasteiger partial charge is 0.462 e. The minimum atomic E-state index is -0.290. The maximum absolute atomic E-state index is 11.5. The molecule has 1 aliphatic rings. The van der Waals surface area contributed by atoms with E-state index in [4.69, 9.17) is 4.74 Å². The van der Waals surface area contributed by atoms with E-state index in [0.29, 0.717) is 12.2 Å². The van der Waals surface area contributed by atoms with Gasteiger partial charge in [-0.25, -0.2) is 4.79 Å². The van der Waals surface area contributed by atoms with Crippen molar-refractivity contribution in [1.82, 2.24) is 14.7 Å². The third-order valence-corrected chi connectivity index (χ3v) is 3.24. The number of carbonyl (C=O) groups excluding carboxylic acids is 1. The van der Waals surface area contributed by atoms with Crippen LogP contribution in [0.5, 0.6) is 0 Å². The summed E-state index contributed by atoms with van der Waals surface area (Å²) < 4.78 is 6.75. The van der Waals surface area contributed by atoms with Crippen LogP contribution < -0.4 is 0 Å². The van der Waals surface area contributed by atoms with Crippen molar-refractivity contribution in [2.75, 3.05) is 26.2 Å². The van der Waals surface area contributed by atoms with E-state index < -0.39 is 0 Å². The van der Waals surface area contributed by atoms with Crippen LogP contribution in [0.1, 0.15) is 36.5 Å². The molecule has 0 N–H and O–H groups in total. The van der Waals surface area contributed by atoms with E-state index in [9.17, 15) is 4.79 Å². The first kappa shape index (κ1) is 13.1. The summed E-state index contributed by atoms with van der Waals surface area (Å²) in [6.07, 6.45) is 7.29. The Balaban J connectivity index is 1.80. The Kier molecular flexibility index (Phi) is 4.75. The monoisotopic (exact) mass is 251 g/mol. The van der Waals surface area contributed by atoms with E-state index in [-0.39, 0.29) is 5.97 Å². The Morgan fingerprint density at radius 3 is 2.83 bits per heavy atom. The van der Waals surface area contributed by atoms with E-state index in [1.54, 1.807) is 19.3 Å². The summed E-state index contributed by atoms with van der Waals surface area (Å²) in [5, 5.41) is 4.19. The molecule has 1 fully saturated rings. The number of nitrogens with zero attached hydrogens (tertiary/aromatic N) is 3. The Hall–Kier alpha value is -1.36. The Morgan fingerprint density at radius 2 is 2.11 bits per heavy atom. The molecular formula is C13H21N3O2. The molecule has 0 saturated carbocycles. The third-order valence-electron chi connectivity index (χ3n) is 3.24. The van der Waals surface area contributed by atoms with Gasteiger partial charge in [0.05, 0.1) is 24.9 Å². The smallest absolute Gasteiger partial charge is 0.341 e. The van der Waals surface area contributed by atoms with E-state index in [1.807, 2.05) is 4.68 Å². The van der Waals surface area contributed by atoms with Crippen LogP contribution in [0.2, 0.25) is 0 Å². The average Bonchev–Trinajstić information content (AvgIpc) is 2.87. The lowest BCUT2D eigenvalue weighted by Crippen LogP contribution is -2.32. The van der Waals surface area contributed by atoms with Gasteiger partial charge in [0.1, 0.15) is 0 Å². The minimum absolute atomic E-state index is 0.290. The SMILES string of the molecule is CCOC(=O)c1cnn(CCN2CCCCC2)c1. The van der Waals surface area contributed by atoms with Crippen molar-refractivity contribution in [2.24, 2.45) is 0 Å². The highest BCUT2D eigenvalue weighted by Gasteiger charge is 2.12. The number of rotatable bonds is 5. The predicted octanol–water partition coefficient (Wildman–Crippen LogP) is 1.55. The maximum Gasteiger partial charge on any atom is 0.341 e. The van der Waals surface area contributed by atoms with E-state index in [0.717, 1.165) is 13.1 Å². The molecule has 0 spiro atoms. The van der Waals surface area contributed by atoms with Crippen molar-refractivity contribution in [3.8, 4) is 0 Å². The van der Waals surface area contributed by atoms with Gasteiger partial charge in [-0.3, -0.25) is 4.68 Å². The molecule has 1 aromatic rings. The highest BCUT2D eigenvalue weighted by atomic mass is 16.5. The van der Waals surface area contributed by atoms with Crippen LogP contribution in [0.25, 0.3) is 0 Å². The summed E-state index contributed by atoms with van der Waals surface area (Å²) in [6, 6.07) is 0. The van der Waals surface area contributed by atoms with Crippen molar-refractivity contribution in [3.63, 3.8) is 0 Å². The summed E-state index contributed by atoms with van der Waals surface area (Å²) in [5.74, 6) is -0.290. The molecule has 100 valence electrons. The van der Waals surface area contributed by atoms with Crippen molar-refractivity contribution in [1.29, 1.82) is 0 Å². The third kappa shape index (κ3) is 3.57. The van der Waals surface area contributed by atoms with Crippen LogP contribution >= 0.6 is 0 Å². The number of ether oxygens (including phenoxy) is 1. The van der Waals surface area contributed by atoms with Gasteiger partial charge in [-0.15, -0.1) is 0 Å². The van der Waals surface area contributed by atoms with Crippen LogP contribution in [0, 0.1) is 0 Å². The van der Waals surface area contributed by atoms with Crippen LogP contribution in [0.15, 0.2) is 12.4 Å². The minimum Gasteiger partial charge on any atom is -0.462 e. The lowest BCUT2D eigenvalue weighted by molar-refractivity contribution is 0.0526. The van der Waals surface area contributed by atoms with Crippen LogP contribution in [-0.2, 0) is 11.3 Å². The molecule has 0 unspecified atom stereocenters. The maximum atomic E-state index is 11.5. The van der Waals surface area contributed by atoms with Crippen molar-refractivity contribution in [3.05, 3.63) is 18.0 Å². The molecule has 0 atom stereocenters. The molecule has 5 nitrogen and oxygen atoms in total. The molecule has 18 heavy (non-hydrogen) atoms. The van der Waals surface area contributed by atoms with Gasteiger partial charge in [0.25, 0.3) is 0 Å². The second kappa shape index (κ2) is 6.54.